The lowest BCUT2D eigenvalue weighted by atomic mass is 9.92. The summed E-state index contributed by atoms with van der Waals surface area (Å²) < 4.78 is 0. The van der Waals surface area contributed by atoms with Gasteiger partial charge >= 0.3 is 0 Å². The van der Waals surface area contributed by atoms with Crippen molar-refractivity contribution in [2.75, 3.05) is 6.54 Å². The van der Waals surface area contributed by atoms with Crippen LogP contribution < -0.4 is 5.32 Å². The minimum absolute atomic E-state index is 0.192. The van der Waals surface area contributed by atoms with Gasteiger partial charge in [0.05, 0.1) is 6.04 Å². The minimum Gasteiger partial charge on any atom is -0.307 e. The van der Waals surface area contributed by atoms with E-state index < -0.39 is 0 Å². The van der Waals surface area contributed by atoms with Crippen molar-refractivity contribution in [2.45, 2.75) is 33.7 Å². The quantitative estimate of drug-likeness (QED) is 0.838. The zero-order valence-corrected chi connectivity index (χ0v) is 13.4. The first-order valence-corrected chi connectivity index (χ1v) is 7.46. The standard InChI is InChI=1S/C18H22ClN/c1-5-20-18(15-8-13(3)9-16(19)11-15)17-10-12(2)6-7-14(17)4/h6-11,18,20H,5H2,1-4H3. The van der Waals surface area contributed by atoms with Crippen LogP contribution in [-0.2, 0) is 0 Å². The summed E-state index contributed by atoms with van der Waals surface area (Å²) in [6, 6.07) is 13.1. The van der Waals surface area contributed by atoms with Crippen molar-refractivity contribution in [3.8, 4) is 0 Å². The number of nitrogens with one attached hydrogen (secondary N) is 1. The number of rotatable bonds is 4. The molecular weight excluding hydrogens is 266 g/mol. The summed E-state index contributed by atoms with van der Waals surface area (Å²) in [6.07, 6.45) is 0. The van der Waals surface area contributed by atoms with Gasteiger partial charge in [0.2, 0.25) is 0 Å². The highest BCUT2D eigenvalue weighted by Gasteiger charge is 2.16. The summed E-state index contributed by atoms with van der Waals surface area (Å²) in [5, 5.41) is 4.38. The molecular formula is C18H22ClN. The Morgan fingerprint density at radius 3 is 2.40 bits per heavy atom. The van der Waals surface area contributed by atoms with Crippen molar-refractivity contribution >= 4 is 11.6 Å². The average molecular weight is 288 g/mol. The molecule has 0 heterocycles. The van der Waals surface area contributed by atoms with Crippen LogP contribution >= 0.6 is 11.6 Å². The van der Waals surface area contributed by atoms with Crippen LogP contribution in [0.5, 0.6) is 0 Å². The maximum atomic E-state index is 6.23. The SMILES string of the molecule is CCNC(c1cc(C)cc(Cl)c1)c1cc(C)ccc1C. The van der Waals surface area contributed by atoms with Crippen LogP contribution in [0, 0.1) is 20.8 Å². The molecule has 2 aromatic rings. The van der Waals surface area contributed by atoms with Crippen LogP contribution in [-0.4, -0.2) is 6.54 Å². The minimum atomic E-state index is 0.192. The molecule has 0 fully saturated rings. The van der Waals surface area contributed by atoms with Gasteiger partial charge in [-0.3, -0.25) is 0 Å². The third-order valence-electron chi connectivity index (χ3n) is 3.55. The van der Waals surface area contributed by atoms with E-state index in [1.54, 1.807) is 0 Å². The molecule has 0 spiro atoms. The van der Waals surface area contributed by atoms with Gasteiger partial charge in [-0.15, -0.1) is 0 Å². The predicted molar refractivity (Wildman–Crippen MR) is 87.6 cm³/mol. The topological polar surface area (TPSA) is 12.0 Å². The Morgan fingerprint density at radius 2 is 1.75 bits per heavy atom. The van der Waals surface area contributed by atoms with Gasteiger partial charge in [-0.1, -0.05) is 48.4 Å². The number of benzene rings is 2. The van der Waals surface area contributed by atoms with E-state index in [1.165, 1.54) is 27.8 Å². The molecule has 0 aromatic heterocycles. The second kappa shape index (κ2) is 6.43. The molecule has 1 nitrogen and oxygen atoms in total. The van der Waals surface area contributed by atoms with E-state index in [-0.39, 0.29) is 6.04 Å². The van der Waals surface area contributed by atoms with Crippen molar-refractivity contribution in [2.24, 2.45) is 0 Å². The summed E-state index contributed by atoms with van der Waals surface area (Å²) in [6.45, 7) is 9.44. The van der Waals surface area contributed by atoms with Gasteiger partial charge in [0.1, 0.15) is 0 Å². The van der Waals surface area contributed by atoms with Crippen molar-refractivity contribution in [3.63, 3.8) is 0 Å². The number of halogens is 1. The summed E-state index contributed by atoms with van der Waals surface area (Å²) in [7, 11) is 0. The molecule has 1 atom stereocenters. The van der Waals surface area contributed by atoms with Crippen molar-refractivity contribution < 1.29 is 0 Å². The Balaban J connectivity index is 2.52. The second-order valence-electron chi connectivity index (χ2n) is 5.41. The van der Waals surface area contributed by atoms with Crippen molar-refractivity contribution in [1.82, 2.24) is 5.32 Å². The smallest absolute Gasteiger partial charge is 0.0579 e. The molecule has 0 aliphatic heterocycles. The van der Waals surface area contributed by atoms with Gasteiger partial charge in [0.15, 0.2) is 0 Å². The van der Waals surface area contributed by atoms with E-state index in [4.69, 9.17) is 11.6 Å². The van der Waals surface area contributed by atoms with Gasteiger partial charge < -0.3 is 5.32 Å². The van der Waals surface area contributed by atoms with E-state index in [0.717, 1.165) is 11.6 Å². The van der Waals surface area contributed by atoms with Crippen LogP contribution in [0.25, 0.3) is 0 Å². The largest absolute Gasteiger partial charge is 0.307 e. The zero-order valence-electron chi connectivity index (χ0n) is 12.6. The maximum absolute atomic E-state index is 6.23. The fourth-order valence-electron chi connectivity index (χ4n) is 2.61. The molecule has 106 valence electrons. The van der Waals surface area contributed by atoms with Crippen LogP contribution in [0.15, 0.2) is 36.4 Å². The molecule has 2 rings (SSSR count). The summed E-state index contributed by atoms with van der Waals surface area (Å²) in [4.78, 5) is 0. The Labute approximate surface area is 127 Å². The van der Waals surface area contributed by atoms with Crippen molar-refractivity contribution in [3.05, 3.63) is 69.2 Å². The molecule has 0 amide bonds. The van der Waals surface area contributed by atoms with Crippen LogP contribution in [0.4, 0.5) is 0 Å². The van der Waals surface area contributed by atoms with Gasteiger partial charge in [-0.05, 0) is 61.7 Å². The Hall–Kier alpha value is -1.31. The van der Waals surface area contributed by atoms with Crippen LogP contribution in [0.2, 0.25) is 5.02 Å². The molecule has 0 bridgehead atoms. The lowest BCUT2D eigenvalue weighted by Gasteiger charge is -2.22. The summed E-state index contributed by atoms with van der Waals surface area (Å²) >= 11 is 6.23. The lowest BCUT2D eigenvalue weighted by Crippen LogP contribution is -2.23. The molecule has 0 aliphatic carbocycles. The fraction of sp³-hybridized carbons (Fsp3) is 0.333. The number of aryl methyl sites for hydroxylation is 3. The van der Waals surface area contributed by atoms with Gasteiger partial charge in [-0.2, -0.15) is 0 Å². The number of hydrogen-bond donors (Lipinski definition) is 1. The summed E-state index contributed by atoms with van der Waals surface area (Å²) in [5.74, 6) is 0. The molecule has 0 radical (unpaired) electrons. The fourth-order valence-corrected chi connectivity index (χ4v) is 2.91. The van der Waals surface area contributed by atoms with E-state index in [1.807, 2.05) is 6.07 Å². The molecule has 1 unspecified atom stereocenters. The lowest BCUT2D eigenvalue weighted by molar-refractivity contribution is 0.627. The van der Waals surface area contributed by atoms with E-state index in [9.17, 15) is 0 Å². The second-order valence-corrected chi connectivity index (χ2v) is 5.85. The van der Waals surface area contributed by atoms with Crippen LogP contribution in [0.1, 0.15) is 40.8 Å². The summed E-state index contributed by atoms with van der Waals surface area (Å²) in [5.41, 5.74) is 6.34. The van der Waals surface area contributed by atoms with E-state index in [2.05, 4.69) is 63.3 Å². The zero-order chi connectivity index (χ0) is 14.7. The molecule has 0 saturated carbocycles. The van der Waals surface area contributed by atoms with E-state index in [0.29, 0.717) is 0 Å². The van der Waals surface area contributed by atoms with Crippen LogP contribution in [0.3, 0.4) is 0 Å². The Kier molecular flexibility index (Phi) is 4.85. The third-order valence-corrected chi connectivity index (χ3v) is 3.77. The molecule has 1 N–H and O–H groups in total. The Bertz CT molecular complexity index is 584. The van der Waals surface area contributed by atoms with E-state index >= 15 is 0 Å². The highest BCUT2D eigenvalue weighted by Crippen LogP contribution is 2.28. The average Bonchev–Trinajstić information content (AvgIpc) is 2.38. The highest BCUT2D eigenvalue weighted by molar-refractivity contribution is 6.30. The van der Waals surface area contributed by atoms with Gasteiger partial charge in [0.25, 0.3) is 0 Å². The maximum Gasteiger partial charge on any atom is 0.0579 e. The normalized spacial score (nSPS) is 12.4. The molecule has 20 heavy (non-hydrogen) atoms. The first-order valence-electron chi connectivity index (χ1n) is 7.09. The van der Waals surface area contributed by atoms with Crippen molar-refractivity contribution in [1.29, 1.82) is 0 Å². The third kappa shape index (κ3) is 3.41. The first kappa shape index (κ1) is 15.1. The Morgan fingerprint density at radius 1 is 1.00 bits per heavy atom. The van der Waals surface area contributed by atoms with Gasteiger partial charge in [0, 0.05) is 5.02 Å². The molecule has 2 aromatic carbocycles. The molecule has 2 heteroatoms. The molecule has 0 aliphatic rings. The highest BCUT2D eigenvalue weighted by atomic mass is 35.5. The number of hydrogen-bond acceptors (Lipinski definition) is 1. The van der Waals surface area contributed by atoms with Gasteiger partial charge in [-0.25, -0.2) is 0 Å². The predicted octanol–water partition coefficient (Wildman–Crippen LogP) is 4.96. The first-order chi connectivity index (χ1) is 9.51. The molecule has 0 saturated heterocycles. The monoisotopic (exact) mass is 287 g/mol.